The maximum atomic E-state index is 13.8. The van der Waals surface area contributed by atoms with Gasteiger partial charge < -0.3 is 10.2 Å². The second kappa shape index (κ2) is 9.46. The van der Waals surface area contributed by atoms with E-state index in [-0.39, 0.29) is 36.6 Å². The number of carbonyl (C=O) groups is 2. The minimum Gasteiger partial charge on any atom is -0.340 e. The normalized spacial score (nSPS) is 17.1. The van der Waals surface area contributed by atoms with E-state index in [1.165, 1.54) is 11.0 Å². The molecule has 1 saturated heterocycles. The molecule has 0 bridgehead atoms. The molecule has 3 rings (SSSR count). The molecule has 5 nitrogen and oxygen atoms in total. The largest absolute Gasteiger partial charge is 0.340 e. The van der Waals surface area contributed by atoms with E-state index in [0.717, 1.165) is 25.1 Å². The molecule has 0 radical (unpaired) electrons. The third kappa shape index (κ3) is 5.39. The van der Waals surface area contributed by atoms with Gasteiger partial charge in [0.1, 0.15) is 5.82 Å². The van der Waals surface area contributed by atoms with Crippen LogP contribution in [0.2, 0.25) is 0 Å². The second-order valence-corrected chi connectivity index (χ2v) is 7.27. The first-order valence-corrected chi connectivity index (χ1v) is 9.58. The minimum absolute atomic E-state index is 0.0111. The van der Waals surface area contributed by atoms with Gasteiger partial charge in [-0.05, 0) is 37.6 Å². The summed E-state index contributed by atoms with van der Waals surface area (Å²) < 4.78 is 13.8. The molecule has 0 aliphatic carbocycles. The molecule has 0 spiro atoms. The molecule has 1 aliphatic heterocycles. The number of para-hydroxylation sites is 1. The SMILES string of the molecule is CN(Cc1ccccc1F)C(=O)CN1CCC[C@H](C(=O)Nc2ccccc2)C1. The lowest BCUT2D eigenvalue weighted by Gasteiger charge is -2.32. The van der Waals surface area contributed by atoms with Crippen LogP contribution in [0, 0.1) is 11.7 Å². The van der Waals surface area contributed by atoms with Crippen molar-refractivity contribution < 1.29 is 14.0 Å². The Labute approximate surface area is 165 Å². The molecule has 0 saturated carbocycles. The average molecular weight is 383 g/mol. The lowest BCUT2D eigenvalue weighted by atomic mass is 9.97. The highest BCUT2D eigenvalue weighted by Crippen LogP contribution is 2.19. The molecule has 6 heteroatoms. The van der Waals surface area contributed by atoms with E-state index in [0.29, 0.717) is 12.1 Å². The molecule has 0 aromatic heterocycles. The molecular formula is C22H26FN3O2. The van der Waals surface area contributed by atoms with Gasteiger partial charge in [-0.1, -0.05) is 36.4 Å². The van der Waals surface area contributed by atoms with Crippen molar-refractivity contribution in [1.29, 1.82) is 0 Å². The van der Waals surface area contributed by atoms with E-state index in [2.05, 4.69) is 5.32 Å². The van der Waals surface area contributed by atoms with Gasteiger partial charge >= 0.3 is 0 Å². The molecular weight excluding hydrogens is 357 g/mol. The van der Waals surface area contributed by atoms with Crippen LogP contribution in [0.5, 0.6) is 0 Å². The highest BCUT2D eigenvalue weighted by molar-refractivity contribution is 5.92. The lowest BCUT2D eigenvalue weighted by Crippen LogP contribution is -2.45. The number of rotatable bonds is 6. The van der Waals surface area contributed by atoms with Crippen molar-refractivity contribution in [3.8, 4) is 0 Å². The van der Waals surface area contributed by atoms with Gasteiger partial charge in [0.15, 0.2) is 0 Å². The van der Waals surface area contributed by atoms with Gasteiger partial charge in [-0.15, -0.1) is 0 Å². The van der Waals surface area contributed by atoms with Gasteiger partial charge in [0.25, 0.3) is 0 Å². The first kappa shape index (κ1) is 20.0. The van der Waals surface area contributed by atoms with E-state index in [4.69, 9.17) is 0 Å². The molecule has 1 fully saturated rings. The van der Waals surface area contributed by atoms with Gasteiger partial charge in [-0.2, -0.15) is 0 Å². The van der Waals surface area contributed by atoms with Crippen molar-refractivity contribution >= 4 is 17.5 Å². The number of hydrogen-bond donors (Lipinski definition) is 1. The van der Waals surface area contributed by atoms with E-state index >= 15 is 0 Å². The zero-order chi connectivity index (χ0) is 19.9. The van der Waals surface area contributed by atoms with Gasteiger partial charge in [-0.25, -0.2) is 4.39 Å². The summed E-state index contributed by atoms with van der Waals surface area (Å²) in [5.74, 6) is -0.535. The standard InChI is InChI=1S/C22H26FN3O2/c1-25(14-17-8-5-6-12-20(17)23)21(27)16-26-13-7-9-18(15-26)22(28)24-19-10-3-2-4-11-19/h2-6,8,10-12,18H,7,9,13-16H2,1H3,(H,24,28)/t18-/m0/s1. The summed E-state index contributed by atoms with van der Waals surface area (Å²) >= 11 is 0. The highest BCUT2D eigenvalue weighted by atomic mass is 19.1. The van der Waals surface area contributed by atoms with Crippen LogP contribution < -0.4 is 5.32 Å². The van der Waals surface area contributed by atoms with Crippen LogP contribution >= 0.6 is 0 Å². The van der Waals surface area contributed by atoms with Crippen LogP contribution in [-0.2, 0) is 16.1 Å². The summed E-state index contributed by atoms with van der Waals surface area (Å²) in [6.45, 7) is 1.81. The number of carbonyl (C=O) groups excluding carboxylic acids is 2. The number of halogens is 1. The molecule has 0 unspecified atom stereocenters. The van der Waals surface area contributed by atoms with E-state index in [9.17, 15) is 14.0 Å². The summed E-state index contributed by atoms with van der Waals surface area (Å²) in [4.78, 5) is 28.6. The Morgan fingerprint density at radius 3 is 2.61 bits per heavy atom. The second-order valence-electron chi connectivity index (χ2n) is 7.27. The maximum absolute atomic E-state index is 13.8. The zero-order valence-corrected chi connectivity index (χ0v) is 16.1. The van der Waals surface area contributed by atoms with Crippen molar-refractivity contribution in [2.75, 3.05) is 32.0 Å². The molecule has 28 heavy (non-hydrogen) atoms. The number of nitrogens with zero attached hydrogens (tertiary/aromatic N) is 2. The summed E-state index contributed by atoms with van der Waals surface area (Å²) in [6, 6.07) is 15.9. The van der Waals surface area contributed by atoms with Crippen LogP contribution in [0.25, 0.3) is 0 Å². The van der Waals surface area contributed by atoms with Crippen molar-refractivity contribution in [2.24, 2.45) is 5.92 Å². The Balaban J connectivity index is 1.51. The number of likely N-dealkylation sites (N-methyl/N-ethyl adjacent to an activating group) is 1. The van der Waals surface area contributed by atoms with Gasteiger partial charge in [0.05, 0.1) is 12.5 Å². The monoisotopic (exact) mass is 383 g/mol. The third-order valence-corrected chi connectivity index (χ3v) is 5.07. The summed E-state index contributed by atoms with van der Waals surface area (Å²) in [5.41, 5.74) is 1.28. The number of hydrogen-bond acceptors (Lipinski definition) is 3. The quantitative estimate of drug-likeness (QED) is 0.834. The van der Waals surface area contributed by atoms with Crippen LogP contribution in [0.3, 0.4) is 0 Å². The minimum atomic E-state index is -0.308. The molecule has 2 aromatic rings. The average Bonchev–Trinajstić information content (AvgIpc) is 2.70. The number of amides is 2. The Kier molecular flexibility index (Phi) is 6.76. The fourth-order valence-corrected chi connectivity index (χ4v) is 3.46. The van der Waals surface area contributed by atoms with E-state index < -0.39 is 0 Å². The Morgan fingerprint density at radius 1 is 1.14 bits per heavy atom. The molecule has 2 amide bonds. The first-order valence-electron chi connectivity index (χ1n) is 9.58. The molecule has 1 N–H and O–H groups in total. The number of likely N-dealkylation sites (tertiary alicyclic amines) is 1. The van der Waals surface area contributed by atoms with Crippen molar-refractivity contribution in [3.05, 3.63) is 66.0 Å². The highest BCUT2D eigenvalue weighted by Gasteiger charge is 2.27. The topological polar surface area (TPSA) is 52.7 Å². The third-order valence-electron chi connectivity index (χ3n) is 5.07. The Morgan fingerprint density at radius 2 is 1.86 bits per heavy atom. The van der Waals surface area contributed by atoms with E-state index in [1.54, 1.807) is 25.2 Å². The van der Waals surface area contributed by atoms with Crippen molar-refractivity contribution in [3.63, 3.8) is 0 Å². The summed E-state index contributed by atoms with van der Waals surface area (Å²) in [7, 11) is 1.68. The molecule has 1 atom stereocenters. The van der Waals surface area contributed by atoms with Gasteiger partial charge in [-0.3, -0.25) is 14.5 Å². The molecule has 1 heterocycles. The number of anilines is 1. The van der Waals surface area contributed by atoms with Crippen LogP contribution in [0.1, 0.15) is 18.4 Å². The Bertz CT molecular complexity index is 812. The Hall–Kier alpha value is -2.73. The molecule has 1 aliphatic rings. The summed E-state index contributed by atoms with van der Waals surface area (Å²) in [6.07, 6.45) is 1.69. The summed E-state index contributed by atoms with van der Waals surface area (Å²) in [5, 5.41) is 2.94. The van der Waals surface area contributed by atoms with Gasteiger partial charge in [0.2, 0.25) is 11.8 Å². The first-order chi connectivity index (χ1) is 13.5. The predicted octanol–water partition coefficient (Wildman–Crippen LogP) is 3.13. The molecule has 2 aromatic carbocycles. The predicted molar refractivity (Wildman–Crippen MR) is 107 cm³/mol. The number of benzene rings is 2. The number of nitrogens with one attached hydrogen (secondary N) is 1. The van der Waals surface area contributed by atoms with Crippen molar-refractivity contribution in [1.82, 2.24) is 9.80 Å². The maximum Gasteiger partial charge on any atom is 0.236 e. The van der Waals surface area contributed by atoms with Crippen LogP contribution in [0.4, 0.5) is 10.1 Å². The van der Waals surface area contributed by atoms with Crippen LogP contribution in [0.15, 0.2) is 54.6 Å². The van der Waals surface area contributed by atoms with Crippen molar-refractivity contribution in [2.45, 2.75) is 19.4 Å². The molecule has 148 valence electrons. The fraction of sp³-hybridized carbons (Fsp3) is 0.364. The van der Waals surface area contributed by atoms with Crippen LogP contribution in [-0.4, -0.2) is 48.3 Å². The smallest absolute Gasteiger partial charge is 0.236 e. The van der Waals surface area contributed by atoms with Gasteiger partial charge in [0, 0.05) is 31.4 Å². The number of piperidine rings is 1. The fourth-order valence-electron chi connectivity index (χ4n) is 3.46. The zero-order valence-electron chi connectivity index (χ0n) is 16.1. The lowest BCUT2D eigenvalue weighted by molar-refractivity contribution is -0.133. The van der Waals surface area contributed by atoms with E-state index in [1.807, 2.05) is 35.2 Å².